The maximum Gasteiger partial charge on any atom is 0.0771 e. The summed E-state index contributed by atoms with van der Waals surface area (Å²) in [6, 6.07) is 0. The van der Waals surface area contributed by atoms with E-state index in [1.165, 1.54) is 32.1 Å². The van der Waals surface area contributed by atoms with Gasteiger partial charge in [-0.25, -0.2) is 0 Å². The summed E-state index contributed by atoms with van der Waals surface area (Å²) in [5.74, 6) is 2.67. The molecule has 0 heterocycles. The lowest BCUT2D eigenvalue weighted by Gasteiger charge is -2.64. The Morgan fingerprint density at radius 1 is 1.06 bits per heavy atom. The third-order valence-electron chi connectivity index (χ3n) is 11.6. The van der Waals surface area contributed by atoms with Gasteiger partial charge in [-0.1, -0.05) is 65.3 Å². The van der Waals surface area contributed by atoms with Crippen LogP contribution in [0.4, 0.5) is 0 Å². The fraction of sp³-hybridized carbons (Fsp3) is 0.867. The molecular weight excluding hydrogens is 392 g/mol. The van der Waals surface area contributed by atoms with Crippen molar-refractivity contribution in [2.45, 2.75) is 118 Å². The van der Waals surface area contributed by atoms with E-state index in [1.807, 2.05) is 19.9 Å². The number of fused-ring (bicyclic) bond motifs is 5. The Morgan fingerprint density at radius 2 is 1.75 bits per heavy atom. The average Bonchev–Trinajstić information content (AvgIpc) is 2.96. The van der Waals surface area contributed by atoms with Crippen molar-refractivity contribution in [1.82, 2.24) is 0 Å². The van der Waals surface area contributed by atoms with Gasteiger partial charge in [-0.2, -0.15) is 0 Å². The SMILES string of the molecule is C[C@@H](CC=CC(C)(C)O)[C@@H]1CC[C@]2(C)C3=CC[C@H]4C(C)(C)[C@@H](O)CC[C@]4(C)[C@H]3CC[C@@]12C. The second kappa shape index (κ2) is 7.70. The molecule has 3 saturated carbocycles. The van der Waals surface area contributed by atoms with Crippen molar-refractivity contribution < 1.29 is 10.2 Å². The second-order valence-electron chi connectivity index (χ2n) is 14.1. The molecule has 4 aliphatic carbocycles. The number of hydrogen-bond acceptors (Lipinski definition) is 2. The van der Waals surface area contributed by atoms with Crippen molar-refractivity contribution in [1.29, 1.82) is 0 Å². The fourth-order valence-electron chi connectivity index (χ4n) is 9.39. The predicted octanol–water partition coefficient (Wildman–Crippen LogP) is 7.31. The zero-order chi connectivity index (χ0) is 23.7. The highest BCUT2D eigenvalue weighted by Crippen LogP contribution is 2.73. The zero-order valence-electron chi connectivity index (χ0n) is 22.2. The van der Waals surface area contributed by atoms with Gasteiger partial charge < -0.3 is 10.2 Å². The molecule has 0 aliphatic heterocycles. The lowest BCUT2D eigenvalue weighted by molar-refractivity contribution is -0.131. The van der Waals surface area contributed by atoms with Gasteiger partial charge in [-0.15, -0.1) is 0 Å². The van der Waals surface area contributed by atoms with Crippen LogP contribution in [0.5, 0.6) is 0 Å². The third-order valence-corrected chi connectivity index (χ3v) is 11.6. The number of allylic oxidation sites excluding steroid dienone is 3. The first-order chi connectivity index (χ1) is 14.7. The molecule has 0 amide bonds. The Morgan fingerprint density at radius 3 is 2.41 bits per heavy atom. The van der Waals surface area contributed by atoms with Crippen LogP contribution >= 0.6 is 0 Å². The lowest BCUT2D eigenvalue weighted by atomic mass is 9.41. The number of hydrogen-bond donors (Lipinski definition) is 2. The summed E-state index contributed by atoms with van der Waals surface area (Å²) in [6.45, 7) is 18.6. The fourth-order valence-corrected chi connectivity index (χ4v) is 9.39. The maximum absolute atomic E-state index is 10.8. The van der Waals surface area contributed by atoms with Gasteiger partial charge in [-0.05, 0) is 111 Å². The molecule has 0 bridgehead atoms. The summed E-state index contributed by atoms with van der Waals surface area (Å²) in [4.78, 5) is 0. The molecule has 32 heavy (non-hydrogen) atoms. The summed E-state index contributed by atoms with van der Waals surface area (Å²) < 4.78 is 0. The number of rotatable bonds is 4. The van der Waals surface area contributed by atoms with Crippen LogP contribution in [0.3, 0.4) is 0 Å². The number of aliphatic hydroxyl groups excluding tert-OH is 1. The molecule has 2 N–H and O–H groups in total. The van der Waals surface area contributed by atoms with Crippen molar-refractivity contribution in [3.8, 4) is 0 Å². The molecule has 3 fully saturated rings. The van der Waals surface area contributed by atoms with E-state index in [-0.39, 0.29) is 11.5 Å². The molecule has 0 radical (unpaired) electrons. The van der Waals surface area contributed by atoms with Crippen LogP contribution in [-0.2, 0) is 0 Å². The van der Waals surface area contributed by atoms with E-state index in [0.717, 1.165) is 25.2 Å². The summed E-state index contributed by atoms with van der Waals surface area (Å²) in [6.07, 6.45) is 16.4. The van der Waals surface area contributed by atoms with Gasteiger partial charge in [-0.3, -0.25) is 0 Å². The summed E-state index contributed by atoms with van der Waals surface area (Å²) >= 11 is 0. The van der Waals surface area contributed by atoms with Crippen LogP contribution < -0.4 is 0 Å². The molecule has 0 aromatic heterocycles. The topological polar surface area (TPSA) is 40.5 Å². The second-order valence-corrected chi connectivity index (χ2v) is 14.1. The Labute approximate surface area is 198 Å². The van der Waals surface area contributed by atoms with Crippen molar-refractivity contribution >= 4 is 0 Å². The van der Waals surface area contributed by atoms with Crippen LogP contribution in [0, 0.1) is 45.3 Å². The molecular formula is C30H50O2. The first-order valence-electron chi connectivity index (χ1n) is 13.5. The minimum Gasteiger partial charge on any atom is -0.393 e. The molecule has 4 rings (SSSR count). The molecule has 0 aromatic rings. The monoisotopic (exact) mass is 442 g/mol. The molecule has 2 nitrogen and oxygen atoms in total. The van der Waals surface area contributed by atoms with E-state index in [4.69, 9.17) is 0 Å². The van der Waals surface area contributed by atoms with Crippen molar-refractivity contribution in [3.63, 3.8) is 0 Å². The van der Waals surface area contributed by atoms with E-state index in [0.29, 0.717) is 34.0 Å². The molecule has 2 heteroatoms. The van der Waals surface area contributed by atoms with Gasteiger partial charge in [0.15, 0.2) is 0 Å². The van der Waals surface area contributed by atoms with E-state index in [9.17, 15) is 10.2 Å². The predicted molar refractivity (Wildman–Crippen MR) is 134 cm³/mol. The van der Waals surface area contributed by atoms with Crippen LogP contribution in [0.1, 0.15) is 107 Å². The first-order valence-corrected chi connectivity index (χ1v) is 13.5. The van der Waals surface area contributed by atoms with Crippen molar-refractivity contribution in [3.05, 3.63) is 23.8 Å². The van der Waals surface area contributed by atoms with Gasteiger partial charge in [0.25, 0.3) is 0 Å². The van der Waals surface area contributed by atoms with Gasteiger partial charge in [0.1, 0.15) is 0 Å². The Bertz CT molecular complexity index is 785. The molecule has 4 aliphatic rings. The Kier molecular flexibility index (Phi) is 5.90. The Hall–Kier alpha value is -0.600. The van der Waals surface area contributed by atoms with Gasteiger partial charge >= 0.3 is 0 Å². The minimum absolute atomic E-state index is 0.0101. The zero-order valence-corrected chi connectivity index (χ0v) is 22.2. The van der Waals surface area contributed by atoms with Crippen LogP contribution in [0.25, 0.3) is 0 Å². The quantitative estimate of drug-likeness (QED) is 0.448. The van der Waals surface area contributed by atoms with Gasteiger partial charge in [0, 0.05) is 0 Å². The lowest BCUT2D eigenvalue weighted by Crippen LogP contribution is -2.58. The highest BCUT2D eigenvalue weighted by molar-refractivity contribution is 5.33. The van der Waals surface area contributed by atoms with Crippen LogP contribution in [-0.4, -0.2) is 21.9 Å². The normalized spacial score (nSPS) is 46.9. The first kappa shape index (κ1) is 24.5. The molecule has 182 valence electrons. The molecule has 0 unspecified atom stereocenters. The molecule has 0 spiro atoms. The van der Waals surface area contributed by atoms with E-state index in [2.05, 4.69) is 53.7 Å². The van der Waals surface area contributed by atoms with Gasteiger partial charge in [0.05, 0.1) is 11.7 Å². The minimum atomic E-state index is -0.716. The molecule has 8 atom stereocenters. The molecule has 0 saturated heterocycles. The Balaban J connectivity index is 1.62. The van der Waals surface area contributed by atoms with Gasteiger partial charge in [0.2, 0.25) is 0 Å². The number of aliphatic hydroxyl groups is 2. The average molecular weight is 443 g/mol. The van der Waals surface area contributed by atoms with E-state index in [1.54, 1.807) is 5.57 Å². The standard InChI is InChI=1S/C30H50O2/c1-20(10-9-16-26(2,3)32)21-13-18-30(8)23-11-12-24-27(4,5)25(31)15-17-28(24,6)22(23)14-19-29(21,30)7/h9,11,16,20-22,24-25,31-32H,10,12-15,17-19H2,1-8H3/t20-,21-,22-,24-,25-,28+,29-,30+/m0/s1. The maximum atomic E-state index is 10.8. The smallest absolute Gasteiger partial charge is 0.0771 e. The van der Waals surface area contributed by atoms with Crippen LogP contribution in [0.2, 0.25) is 0 Å². The summed E-state index contributed by atoms with van der Waals surface area (Å²) in [5.41, 5.74) is 2.09. The van der Waals surface area contributed by atoms with Crippen molar-refractivity contribution in [2.24, 2.45) is 45.3 Å². The summed E-state index contributed by atoms with van der Waals surface area (Å²) in [5, 5.41) is 20.9. The third kappa shape index (κ3) is 3.49. The van der Waals surface area contributed by atoms with E-state index < -0.39 is 5.60 Å². The highest BCUT2D eigenvalue weighted by atomic mass is 16.3. The van der Waals surface area contributed by atoms with E-state index >= 15 is 0 Å². The highest BCUT2D eigenvalue weighted by Gasteiger charge is 2.65. The molecule has 0 aromatic carbocycles. The summed E-state index contributed by atoms with van der Waals surface area (Å²) in [7, 11) is 0. The van der Waals surface area contributed by atoms with Crippen LogP contribution in [0.15, 0.2) is 23.8 Å². The largest absolute Gasteiger partial charge is 0.393 e. The van der Waals surface area contributed by atoms with Crippen molar-refractivity contribution in [2.75, 3.05) is 0 Å².